The number of sulfonamides is 1. The summed E-state index contributed by atoms with van der Waals surface area (Å²) < 4.78 is 64.0. The lowest BCUT2D eigenvalue weighted by molar-refractivity contribution is -0.163. The summed E-state index contributed by atoms with van der Waals surface area (Å²) in [6.07, 6.45) is -6.40. The van der Waals surface area contributed by atoms with Crippen LogP contribution in [0.2, 0.25) is 0 Å². The fourth-order valence-corrected chi connectivity index (χ4v) is 3.25. The normalized spacial score (nSPS) is 13.9. The zero-order chi connectivity index (χ0) is 17.3. The van der Waals surface area contributed by atoms with Gasteiger partial charge in [-0.25, -0.2) is 8.42 Å². The van der Waals surface area contributed by atoms with Gasteiger partial charge in [-0.1, -0.05) is 30.3 Å². The summed E-state index contributed by atoms with van der Waals surface area (Å²) in [5.74, 6) is -1.76. The van der Waals surface area contributed by atoms with Crippen molar-refractivity contribution in [3.8, 4) is 0 Å². The Morgan fingerprint density at radius 3 is 2.30 bits per heavy atom. The number of benzene rings is 2. The van der Waals surface area contributed by atoms with Gasteiger partial charge in [0.15, 0.2) is 0 Å². The van der Waals surface area contributed by atoms with E-state index < -0.39 is 34.6 Å². The number of aliphatic carboxylic acids is 1. The van der Waals surface area contributed by atoms with Gasteiger partial charge in [0, 0.05) is 0 Å². The van der Waals surface area contributed by atoms with Gasteiger partial charge >= 0.3 is 12.1 Å². The van der Waals surface area contributed by atoms with Gasteiger partial charge in [0.2, 0.25) is 10.0 Å². The summed E-state index contributed by atoms with van der Waals surface area (Å²) in [5, 5.41) is 9.79. The molecule has 1 unspecified atom stereocenters. The highest BCUT2D eigenvalue weighted by Gasteiger charge is 2.43. The second-order valence-corrected chi connectivity index (χ2v) is 6.54. The van der Waals surface area contributed by atoms with E-state index in [1.165, 1.54) is 22.9 Å². The van der Waals surface area contributed by atoms with Crippen LogP contribution in [0.4, 0.5) is 13.2 Å². The predicted molar refractivity (Wildman–Crippen MR) is 76.4 cm³/mol. The number of rotatable bonds is 5. The van der Waals surface area contributed by atoms with Gasteiger partial charge in [0.25, 0.3) is 0 Å². The molecule has 2 N–H and O–H groups in total. The van der Waals surface area contributed by atoms with Crippen LogP contribution < -0.4 is 4.72 Å². The van der Waals surface area contributed by atoms with E-state index in [1.54, 1.807) is 24.3 Å². The fraction of sp³-hybridized carbons (Fsp3) is 0.214. The molecule has 0 aliphatic rings. The maximum Gasteiger partial charge on any atom is 0.405 e. The van der Waals surface area contributed by atoms with E-state index in [9.17, 15) is 26.4 Å². The second-order valence-electron chi connectivity index (χ2n) is 4.82. The largest absolute Gasteiger partial charge is 0.481 e. The monoisotopic (exact) mass is 347 g/mol. The lowest BCUT2D eigenvalue weighted by atomic mass is 10.1. The van der Waals surface area contributed by atoms with E-state index in [2.05, 4.69) is 0 Å². The first-order valence-corrected chi connectivity index (χ1v) is 7.87. The van der Waals surface area contributed by atoms with Crippen LogP contribution in [0.5, 0.6) is 0 Å². The van der Waals surface area contributed by atoms with Crippen molar-refractivity contribution in [2.24, 2.45) is 0 Å². The molecule has 5 nitrogen and oxygen atoms in total. The Balaban J connectivity index is 2.36. The lowest BCUT2D eigenvalue weighted by Gasteiger charge is -2.20. The molecule has 124 valence electrons. The first-order valence-electron chi connectivity index (χ1n) is 6.39. The minimum Gasteiger partial charge on any atom is -0.481 e. The molecule has 0 radical (unpaired) electrons. The first kappa shape index (κ1) is 17.2. The maximum atomic E-state index is 12.8. The molecule has 2 rings (SSSR count). The molecule has 2 aromatic rings. The van der Waals surface area contributed by atoms with Gasteiger partial charge < -0.3 is 5.11 Å². The molecular formula is C14H12F3NO4S. The van der Waals surface area contributed by atoms with E-state index in [-0.39, 0.29) is 4.90 Å². The summed E-state index contributed by atoms with van der Waals surface area (Å²) in [5.41, 5.74) is 0. The average Bonchev–Trinajstić information content (AvgIpc) is 2.44. The molecule has 0 heterocycles. The van der Waals surface area contributed by atoms with Gasteiger partial charge in [-0.15, -0.1) is 0 Å². The van der Waals surface area contributed by atoms with Crippen LogP contribution >= 0.6 is 0 Å². The summed E-state index contributed by atoms with van der Waals surface area (Å²) >= 11 is 0. The summed E-state index contributed by atoms with van der Waals surface area (Å²) in [6.45, 7) is 0. The van der Waals surface area contributed by atoms with Crippen molar-refractivity contribution in [1.29, 1.82) is 0 Å². The summed E-state index contributed by atoms with van der Waals surface area (Å²) in [7, 11) is -4.51. The van der Waals surface area contributed by atoms with Crippen LogP contribution in [0, 0.1) is 0 Å². The van der Waals surface area contributed by atoms with Crippen LogP contribution in [-0.4, -0.2) is 31.7 Å². The van der Waals surface area contributed by atoms with E-state index in [0.717, 1.165) is 5.39 Å². The average molecular weight is 347 g/mol. The third-order valence-corrected chi connectivity index (χ3v) is 4.57. The van der Waals surface area contributed by atoms with Crippen LogP contribution in [0.25, 0.3) is 10.8 Å². The van der Waals surface area contributed by atoms with Crippen molar-refractivity contribution < 1.29 is 31.5 Å². The van der Waals surface area contributed by atoms with Crippen molar-refractivity contribution in [1.82, 2.24) is 4.72 Å². The van der Waals surface area contributed by atoms with Crippen molar-refractivity contribution >= 4 is 26.8 Å². The number of halogens is 3. The second kappa shape index (κ2) is 6.17. The third-order valence-electron chi connectivity index (χ3n) is 3.10. The van der Waals surface area contributed by atoms with Crippen molar-refractivity contribution in [3.63, 3.8) is 0 Å². The topological polar surface area (TPSA) is 83.5 Å². The molecule has 9 heteroatoms. The molecule has 0 fully saturated rings. The SMILES string of the molecule is O=C(O)CC(NS(=O)(=O)c1ccc2ccccc2c1)C(F)(F)F. The van der Waals surface area contributed by atoms with Crippen molar-refractivity contribution in [2.45, 2.75) is 23.5 Å². The molecule has 1 atom stereocenters. The van der Waals surface area contributed by atoms with E-state index >= 15 is 0 Å². The highest BCUT2D eigenvalue weighted by molar-refractivity contribution is 7.89. The molecule has 0 aliphatic heterocycles. The van der Waals surface area contributed by atoms with Gasteiger partial charge in [0.05, 0.1) is 11.3 Å². The first-order chi connectivity index (χ1) is 10.6. The Labute approximate surface area is 129 Å². The number of hydrogen-bond donors (Lipinski definition) is 2. The zero-order valence-electron chi connectivity index (χ0n) is 11.5. The van der Waals surface area contributed by atoms with Gasteiger partial charge in [-0.2, -0.15) is 17.9 Å². The van der Waals surface area contributed by atoms with E-state index in [0.29, 0.717) is 5.39 Å². The predicted octanol–water partition coefficient (Wildman–Crippen LogP) is 2.52. The van der Waals surface area contributed by atoms with Gasteiger partial charge in [-0.3, -0.25) is 4.79 Å². The summed E-state index contributed by atoms with van der Waals surface area (Å²) in [6, 6.07) is 7.90. The van der Waals surface area contributed by atoms with Crippen LogP contribution in [-0.2, 0) is 14.8 Å². The Bertz CT molecular complexity index is 833. The van der Waals surface area contributed by atoms with Gasteiger partial charge in [-0.05, 0) is 22.9 Å². The number of carbonyl (C=O) groups is 1. The van der Waals surface area contributed by atoms with Crippen LogP contribution in [0.1, 0.15) is 6.42 Å². The van der Waals surface area contributed by atoms with Crippen molar-refractivity contribution in [2.75, 3.05) is 0 Å². The quantitative estimate of drug-likeness (QED) is 0.871. The Morgan fingerprint density at radius 2 is 1.74 bits per heavy atom. The highest BCUT2D eigenvalue weighted by Crippen LogP contribution is 2.25. The van der Waals surface area contributed by atoms with E-state index in [4.69, 9.17) is 5.11 Å². The zero-order valence-corrected chi connectivity index (χ0v) is 12.4. The molecule has 0 saturated carbocycles. The molecule has 0 amide bonds. The van der Waals surface area contributed by atoms with Crippen LogP contribution in [0.3, 0.4) is 0 Å². The van der Waals surface area contributed by atoms with Gasteiger partial charge in [0.1, 0.15) is 6.04 Å². The number of nitrogens with one attached hydrogen (secondary N) is 1. The fourth-order valence-electron chi connectivity index (χ4n) is 1.99. The number of carboxylic acid groups (broad SMARTS) is 1. The Kier molecular flexibility index (Phi) is 4.62. The van der Waals surface area contributed by atoms with E-state index in [1.807, 2.05) is 0 Å². The number of hydrogen-bond acceptors (Lipinski definition) is 3. The molecule has 0 spiro atoms. The Hall–Kier alpha value is -2.13. The molecule has 2 aromatic carbocycles. The van der Waals surface area contributed by atoms with Crippen molar-refractivity contribution in [3.05, 3.63) is 42.5 Å². The number of fused-ring (bicyclic) bond motifs is 1. The minimum absolute atomic E-state index is 0.365. The molecule has 0 bridgehead atoms. The number of carboxylic acids is 1. The standard InChI is InChI=1S/C14H12F3NO4S/c15-14(16,17)12(8-13(19)20)18-23(21,22)11-6-5-9-3-1-2-4-10(9)7-11/h1-7,12,18H,8H2,(H,19,20). The highest BCUT2D eigenvalue weighted by atomic mass is 32.2. The summed E-state index contributed by atoms with van der Waals surface area (Å²) in [4.78, 5) is 10.2. The molecule has 0 aliphatic carbocycles. The lowest BCUT2D eigenvalue weighted by Crippen LogP contribution is -2.46. The minimum atomic E-state index is -5.01. The Morgan fingerprint density at radius 1 is 1.13 bits per heavy atom. The molecule has 0 aromatic heterocycles. The third kappa shape index (κ3) is 4.20. The van der Waals surface area contributed by atoms with Crippen LogP contribution in [0.15, 0.2) is 47.4 Å². The maximum absolute atomic E-state index is 12.8. The molecule has 23 heavy (non-hydrogen) atoms. The molecule has 0 saturated heterocycles. The smallest absolute Gasteiger partial charge is 0.405 e. The molecular weight excluding hydrogens is 335 g/mol. The number of alkyl halides is 3.